The van der Waals surface area contributed by atoms with Crippen molar-refractivity contribution in [3.05, 3.63) is 41.8 Å². The number of hydrogen-bond donors (Lipinski definition) is 1. The van der Waals surface area contributed by atoms with Gasteiger partial charge in [-0.1, -0.05) is 12.1 Å². The van der Waals surface area contributed by atoms with Crippen LogP contribution in [0.15, 0.2) is 30.5 Å². The first-order chi connectivity index (χ1) is 13.3. The van der Waals surface area contributed by atoms with Crippen molar-refractivity contribution in [2.75, 3.05) is 36.8 Å². The average Bonchev–Trinajstić information content (AvgIpc) is 3.07. The van der Waals surface area contributed by atoms with Crippen LogP contribution >= 0.6 is 0 Å². The molecule has 3 aromatic rings. The monoisotopic (exact) mass is 383 g/mol. The molecule has 3 heterocycles. The summed E-state index contributed by atoms with van der Waals surface area (Å²) in [5.74, 6) is 0.905. The van der Waals surface area contributed by atoms with Crippen LogP contribution in [0.2, 0.25) is 0 Å². The molecule has 0 amide bonds. The third-order valence-corrected chi connectivity index (χ3v) is 5.03. The zero-order valence-electron chi connectivity index (χ0n) is 16.6. The second kappa shape index (κ2) is 7.01. The number of anilines is 2. The number of hydrogen-bond acceptors (Lipinski definition) is 6. The molecule has 1 saturated heterocycles. The van der Waals surface area contributed by atoms with Gasteiger partial charge >= 0.3 is 0 Å². The van der Waals surface area contributed by atoms with Gasteiger partial charge in [0.05, 0.1) is 17.1 Å². The molecular formula is C20H26FN7. The maximum atomic E-state index is 13.4. The van der Waals surface area contributed by atoms with E-state index in [9.17, 15) is 4.39 Å². The van der Waals surface area contributed by atoms with Gasteiger partial charge in [-0.25, -0.2) is 9.07 Å². The lowest BCUT2D eigenvalue weighted by atomic mass is 10.1. The van der Waals surface area contributed by atoms with E-state index in [0.29, 0.717) is 11.8 Å². The van der Waals surface area contributed by atoms with Gasteiger partial charge in [-0.05, 0) is 38.5 Å². The minimum atomic E-state index is -0.191. The fraction of sp³-hybridized carbons (Fsp3) is 0.450. The fourth-order valence-electron chi connectivity index (χ4n) is 3.55. The standard InChI is InChI=1S/C20H26FN7/c1-20(2,3)28-18-16(12-23-28)17(22)24-19(25-18)27-9-7-26(8-10-27)13-14-5-4-6-15(21)11-14/h4-6,11-12H,7-10,13H2,1-3H3,(H2,22,24,25). The summed E-state index contributed by atoms with van der Waals surface area (Å²) >= 11 is 0. The van der Waals surface area contributed by atoms with Crippen molar-refractivity contribution < 1.29 is 4.39 Å². The van der Waals surface area contributed by atoms with Crippen molar-refractivity contribution in [1.29, 1.82) is 0 Å². The molecule has 2 N–H and O–H groups in total. The number of fused-ring (bicyclic) bond motifs is 1. The average molecular weight is 383 g/mol. The molecule has 148 valence electrons. The van der Waals surface area contributed by atoms with Gasteiger partial charge in [0.2, 0.25) is 5.95 Å². The molecule has 0 radical (unpaired) electrons. The minimum Gasteiger partial charge on any atom is -0.383 e. The highest BCUT2D eigenvalue weighted by atomic mass is 19.1. The second-order valence-corrected chi connectivity index (χ2v) is 8.27. The summed E-state index contributed by atoms with van der Waals surface area (Å²) < 4.78 is 15.3. The van der Waals surface area contributed by atoms with Crippen LogP contribution < -0.4 is 10.6 Å². The third-order valence-electron chi connectivity index (χ3n) is 5.03. The number of nitrogens with two attached hydrogens (primary N) is 1. The molecule has 1 aliphatic heterocycles. The lowest BCUT2D eigenvalue weighted by Gasteiger charge is -2.34. The molecule has 0 atom stereocenters. The lowest BCUT2D eigenvalue weighted by molar-refractivity contribution is 0.248. The number of halogens is 1. The summed E-state index contributed by atoms with van der Waals surface area (Å²) in [5.41, 5.74) is 7.75. The van der Waals surface area contributed by atoms with Crippen molar-refractivity contribution in [1.82, 2.24) is 24.6 Å². The van der Waals surface area contributed by atoms with E-state index in [0.717, 1.165) is 49.3 Å². The van der Waals surface area contributed by atoms with Gasteiger partial charge in [0.1, 0.15) is 11.6 Å². The third kappa shape index (κ3) is 3.64. The molecule has 28 heavy (non-hydrogen) atoms. The van der Waals surface area contributed by atoms with E-state index in [1.807, 2.05) is 10.7 Å². The minimum absolute atomic E-state index is 0.191. The highest BCUT2D eigenvalue weighted by Gasteiger charge is 2.24. The molecule has 0 unspecified atom stereocenters. The van der Waals surface area contributed by atoms with E-state index in [1.54, 1.807) is 18.3 Å². The van der Waals surface area contributed by atoms with Gasteiger partial charge in [0.25, 0.3) is 0 Å². The quantitative estimate of drug-likeness (QED) is 0.749. The Bertz CT molecular complexity index is 984. The van der Waals surface area contributed by atoms with Crippen LogP contribution in [-0.2, 0) is 12.1 Å². The predicted octanol–water partition coefficient (Wildman–Crippen LogP) is 2.62. The van der Waals surface area contributed by atoms with Gasteiger partial charge in [-0.3, -0.25) is 4.90 Å². The zero-order valence-corrected chi connectivity index (χ0v) is 16.6. The van der Waals surface area contributed by atoms with Gasteiger partial charge in [0.15, 0.2) is 5.65 Å². The van der Waals surface area contributed by atoms with Crippen molar-refractivity contribution in [2.24, 2.45) is 0 Å². The first kappa shape index (κ1) is 18.6. The van der Waals surface area contributed by atoms with E-state index >= 15 is 0 Å². The van der Waals surface area contributed by atoms with Crippen molar-refractivity contribution in [3.8, 4) is 0 Å². The summed E-state index contributed by atoms with van der Waals surface area (Å²) in [6.45, 7) is 10.3. The molecule has 1 aromatic carbocycles. The molecule has 7 nitrogen and oxygen atoms in total. The summed E-state index contributed by atoms with van der Waals surface area (Å²) in [5, 5.41) is 5.24. The molecule has 0 aliphatic carbocycles. The van der Waals surface area contributed by atoms with E-state index in [4.69, 9.17) is 10.7 Å². The smallest absolute Gasteiger partial charge is 0.229 e. The van der Waals surface area contributed by atoms with Crippen LogP contribution in [0.4, 0.5) is 16.2 Å². The van der Waals surface area contributed by atoms with E-state index in [-0.39, 0.29) is 11.4 Å². The SMILES string of the molecule is CC(C)(C)n1ncc2c(N)nc(N3CCN(Cc4cccc(F)c4)CC3)nc21. The van der Waals surface area contributed by atoms with Crippen LogP contribution in [0, 0.1) is 5.82 Å². The van der Waals surface area contributed by atoms with Crippen LogP contribution in [0.5, 0.6) is 0 Å². The fourth-order valence-corrected chi connectivity index (χ4v) is 3.55. The number of nitrogens with zero attached hydrogens (tertiary/aromatic N) is 6. The Morgan fingerprint density at radius 2 is 1.86 bits per heavy atom. The van der Waals surface area contributed by atoms with E-state index in [1.165, 1.54) is 6.07 Å². The molecule has 0 spiro atoms. The molecule has 1 aliphatic rings. The summed E-state index contributed by atoms with van der Waals surface area (Å²) in [4.78, 5) is 13.7. The first-order valence-electron chi connectivity index (χ1n) is 9.55. The number of rotatable bonds is 3. The number of benzene rings is 1. The Labute approximate surface area is 164 Å². The van der Waals surface area contributed by atoms with Crippen LogP contribution in [0.3, 0.4) is 0 Å². The molecule has 2 aromatic heterocycles. The molecular weight excluding hydrogens is 357 g/mol. The zero-order chi connectivity index (χ0) is 19.9. The molecule has 4 rings (SSSR count). The van der Waals surface area contributed by atoms with E-state index < -0.39 is 0 Å². The van der Waals surface area contributed by atoms with Crippen molar-refractivity contribution in [2.45, 2.75) is 32.9 Å². The highest BCUT2D eigenvalue weighted by Crippen LogP contribution is 2.26. The molecule has 0 bridgehead atoms. The van der Waals surface area contributed by atoms with Crippen molar-refractivity contribution in [3.63, 3.8) is 0 Å². The molecule has 1 fully saturated rings. The Balaban J connectivity index is 1.50. The number of aromatic nitrogens is 4. The summed E-state index contributed by atoms with van der Waals surface area (Å²) in [6, 6.07) is 6.78. The first-order valence-corrected chi connectivity index (χ1v) is 9.55. The Morgan fingerprint density at radius 1 is 1.11 bits per heavy atom. The summed E-state index contributed by atoms with van der Waals surface area (Å²) in [6.07, 6.45) is 1.73. The Hall–Kier alpha value is -2.74. The van der Waals surface area contributed by atoms with E-state index in [2.05, 4.69) is 40.7 Å². The topological polar surface area (TPSA) is 76.1 Å². The normalized spacial score (nSPS) is 16.1. The maximum absolute atomic E-state index is 13.4. The Kier molecular flexibility index (Phi) is 4.66. The Morgan fingerprint density at radius 3 is 2.54 bits per heavy atom. The summed E-state index contributed by atoms with van der Waals surface area (Å²) in [7, 11) is 0. The highest BCUT2D eigenvalue weighted by molar-refractivity contribution is 5.86. The second-order valence-electron chi connectivity index (χ2n) is 8.27. The molecule has 8 heteroatoms. The number of piperazine rings is 1. The predicted molar refractivity (Wildman–Crippen MR) is 109 cm³/mol. The lowest BCUT2D eigenvalue weighted by Crippen LogP contribution is -2.46. The van der Waals surface area contributed by atoms with Crippen LogP contribution in [0.25, 0.3) is 11.0 Å². The molecule has 0 saturated carbocycles. The number of nitrogen functional groups attached to an aromatic ring is 1. The largest absolute Gasteiger partial charge is 0.383 e. The van der Waals surface area contributed by atoms with Crippen LogP contribution in [0.1, 0.15) is 26.3 Å². The van der Waals surface area contributed by atoms with Gasteiger partial charge in [0, 0.05) is 32.7 Å². The van der Waals surface area contributed by atoms with Crippen LogP contribution in [-0.4, -0.2) is 50.8 Å². The van der Waals surface area contributed by atoms with Gasteiger partial charge < -0.3 is 10.6 Å². The van der Waals surface area contributed by atoms with Crippen molar-refractivity contribution >= 4 is 22.8 Å². The van der Waals surface area contributed by atoms with Gasteiger partial charge in [-0.2, -0.15) is 15.1 Å². The maximum Gasteiger partial charge on any atom is 0.229 e. The van der Waals surface area contributed by atoms with Gasteiger partial charge in [-0.15, -0.1) is 0 Å².